The second-order valence-corrected chi connectivity index (χ2v) is 27.0. The average molecular weight is 1210 g/mol. The van der Waals surface area contributed by atoms with Gasteiger partial charge in [-0.3, -0.25) is 13.7 Å². The third kappa shape index (κ3) is 9.91. The Morgan fingerprint density at radius 3 is 1.89 bits per heavy atom. The number of pyridine rings is 1. The zero-order valence-electron chi connectivity index (χ0n) is 75.9. The summed E-state index contributed by atoms with van der Waals surface area (Å²) in [7, 11) is 0. The fourth-order valence-electron chi connectivity index (χ4n) is 12.9. The maximum atomic E-state index is 10.6. The molecule has 2 aliphatic rings. The highest BCUT2D eigenvalue weighted by Gasteiger charge is 2.38. The predicted octanol–water partition coefficient (Wildman–Crippen LogP) is 22.5. The number of ether oxygens (including phenoxy) is 1. The van der Waals surface area contributed by atoms with E-state index in [4.69, 9.17) is 22.1 Å². The molecule has 0 fully saturated rings. The van der Waals surface area contributed by atoms with Gasteiger partial charge in [0.1, 0.15) is 17.3 Å². The number of hydrogen-bond acceptors (Lipinski definition) is 2. The molecule has 450 valence electrons. The summed E-state index contributed by atoms with van der Waals surface area (Å²) < 4.78 is 238. The highest BCUT2D eigenvalue weighted by Crippen LogP contribution is 2.52. The first-order valence-electron chi connectivity index (χ1n) is 42.4. The van der Waals surface area contributed by atoms with Gasteiger partial charge in [0.25, 0.3) is 6.33 Å². The van der Waals surface area contributed by atoms with Crippen molar-refractivity contribution in [3.63, 3.8) is 0 Å². The Hall–Kier alpha value is -9.58. The minimum atomic E-state index is -4.61. The number of imidazole rings is 1. The Morgan fingerprint density at radius 1 is 0.495 bits per heavy atom. The standard InChI is InChI=1S/C86H80N4O/c1-82(2,3)58-40-43-87-78(50-58)90-75-35-20-19-29-67(75)68-38-37-63(52-76(68)90)91-62-27-21-26-61(51-62)88-53-89-80-65(57-44-59(83(4,5)6)49-60(45-57)84(7,8)9)32-23-34-71(80)70-33-22-31-64(54-24-15-14-16-25-54)79(70)69-30-18-17-28-66(69)72-46-56(48-77(88)81(72)89)55-36-39-73-74(47-55)86(12,13)42-41-85(73,10)11/h14-40,43-52H,41-42H2,1-13H3/i10D3,11D3,12D3,13D3,14D,15D,16D,24D,25D,36D,39D,41D2,42D2,47D. The van der Waals surface area contributed by atoms with Gasteiger partial charge in [-0.1, -0.05) is 247 Å². The van der Waals surface area contributed by atoms with Gasteiger partial charge in [0.05, 0.1) is 44.4 Å². The van der Waals surface area contributed by atoms with Crippen molar-refractivity contribution in [3.05, 3.63) is 259 Å². The van der Waals surface area contributed by atoms with Crippen LogP contribution in [0.1, 0.15) is 163 Å². The van der Waals surface area contributed by atoms with E-state index in [0.29, 0.717) is 67.6 Å². The zero-order chi connectivity index (χ0) is 83.6. The van der Waals surface area contributed by atoms with Crippen LogP contribution >= 0.6 is 0 Å². The summed E-state index contributed by atoms with van der Waals surface area (Å²) in [5, 5.41) is 1.89. The van der Waals surface area contributed by atoms with E-state index in [0.717, 1.165) is 44.1 Å². The number of benzene rings is 10. The molecule has 0 saturated carbocycles. The average Bonchev–Trinajstić information content (AvgIpc) is 0.960. The van der Waals surface area contributed by atoms with Crippen LogP contribution < -0.4 is 9.30 Å². The van der Waals surface area contributed by atoms with Crippen LogP contribution in [-0.4, -0.2) is 14.1 Å². The van der Waals surface area contributed by atoms with Gasteiger partial charge in [-0.15, -0.1) is 0 Å². The molecule has 0 radical (unpaired) electrons. The van der Waals surface area contributed by atoms with E-state index in [1.54, 1.807) is 71.4 Å². The molecule has 4 heterocycles. The molecule has 1 aliphatic heterocycles. The normalized spacial score (nSPS) is 19.8. The maximum absolute atomic E-state index is 10.6. The predicted molar refractivity (Wildman–Crippen MR) is 380 cm³/mol. The first kappa shape index (κ1) is 36.9. The molecular formula is C86H80N4O. The molecule has 0 spiro atoms. The molecule has 0 bridgehead atoms. The van der Waals surface area contributed by atoms with Crippen LogP contribution in [0.4, 0.5) is 0 Å². The van der Waals surface area contributed by atoms with Crippen LogP contribution in [0, 0.1) is 6.33 Å². The molecule has 0 N–H and O–H groups in total. The molecule has 5 nitrogen and oxygen atoms in total. The maximum Gasteiger partial charge on any atom is 0.269 e. The SMILES string of the molecule is [2H]c1c([2H])c([2H])c(-c2cccc3c2-c2ccccc2-c2cc(-c4c([2H])c([2H])c5c(c4[2H])C(C([2H])([2H])[2H])(C([2H])([2H])[2H])C([2H])([2H])C([2H])([2H])C5(C([2H])([2H])[2H])C([2H])([2H])[2H])cc4c2[n+]([c-]n4-c2cccc(Oc4ccc5c6ccccc6n(-c6cc(C(C)(C)C)ccn6)c5c4)c2)-c2c(-c4cc(C(C)(C)C)cc(C(C)(C)C)c4)cccc2-3)c([2H])c1[2H]. The van der Waals surface area contributed by atoms with Crippen molar-refractivity contribution in [1.29, 1.82) is 0 Å². The largest absolute Gasteiger partial charge is 0.458 e. The minimum absolute atomic E-state index is 0.138. The van der Waals surface area contributed by atoms with Crippen molar-refractivity contribution >= 4 is 32.8 Å². The van der Waals surface area contributed by atoms with Crippen molar-refractivity contribution in [2.45, 2.75) is 130 Å². The van der Waals surface area contributed by atoms with Gasteiger partial charge < -0.3 is 4.74 Å². The molecule has 0 saturated heterocycles. The number of hydrogen-bond donors (Lipinski definition) is 0. The van der Waals surface area contributed by atoms with Gasteiger partial charge in [-0.25, -0.2) is 4.98 Å². The van der Waals surface area contributed by atoms with Crippen molar-refractivity contribution in [3.8, 4) is 95.5 Å². The molecule has 3 aromatic heterocycles. The number of rotatable bonds is 7. The van der Waals surface area contributed by atoms with Gasteiger partial charge in [-0.2, -0.15) is 0 Å². The van der Waals surface area contributed by atoms with Crippen molar-refractivity contribution < 1.29 is 42.2 Å². The Balaban J connectivity index is 1.12. The molecule has 1 aliphatic carbocycles. The Bertz CT molecular complexity index is 6180. The summed E-state index contributed by atoms with van der Waals surface area (Å²) in [5.41, 5.74) is -4.73. The zero-order valence-corrected chi connectivity index (χ0v) is 51.9. The second kappa shape index (κ2) is 21.0. The third-order valence-corrected chi connectivity index (χ3v) is 17.7. The topological polar surface area (TPSA) is 35.9 Å². The second-order valence-electron chi connectivity index (χ2n) is 27.0. The highest BCUT2D eigenvalue weighted by molar-refractivity contribution is 6.10. The van der Waals surface area contributed by atoms with Crippen LogP contribution in [0.15, 0.2) is 224 Å². The van der Waals surface area contributed by atoms with E-state index >= 15 is 0 Å². The van der Waals surface area contributed by atoms with E-state index in [1.165, 1.54) is 12.1 Å². The Labute approximate surface area is 571 Å². The Kier molecular flexibility index (Phi) is 8.52. The van der Waals surface area contributed by atoms with E-state index in [1.807, 2.05) is 77.4 Å². The lowest BCUT2D eigenvalue weighted by atomic mass is 9.63. The van der Waals surface area contributed by atoms with Crippen LogP contribution in [0.25, 0.3) is 117 Å². The molecule has 10 aromatic carbocycles. The van der Waals surface area contributed by atoms with Crippen LogP contribution in [0.5, 0.6) is 11.5 Å². The van der Waals surface area contributed by atoms with Gasteiger partial charge in [-0.05, 0) is 189 Å². The van der Waals surface area contributed by atoms with Crippen molar-refractivity contribution in [2.75, 3.05) is 0 Å². The molecular weight excluding hydrogens is 1100 g/mol. The number of fused-ring (bicyclic) bond motifs is 11. The summed E-state index contributed by atoms with van der Waals surface area (Å²) in [4.78, 5) is 4.89. The monoisotopic (exact) mass is 1210 g/mol. The van der Waals surface area contributed by atoms with Gasteiger partial charge in [0.15, 0.2) is 0 Å². The lowest BCUT2D eigenvalue weighted by molar-refractivity contribution is -0.570. The van der Waals surface area contributed by atoms with E-state index < -0.39 is 127 Å². The minimum Gasteiger partial charge on any atom is -0.458 e. The highest BCUT2D eigenvalue weighted by atomic mass is 16.5. The first-order chi connectivity index (χ1) is 53.4. The molecule has 13 aromatic rings. The van der Waals surface area contributed by atoms with Crippen LogP contribution in [0.2, 0.25) is 0 Å². The van der Waals surface area contributed by atoms with E-state index in [-0.39, 0.29) is 33.2 Å². The molecule has 5 heteroatoms. The summed E-state index contributed by atoms with van der Waals surface area (Å²) in [5.74, 6) is 1.40. The fourth-order valence-corrected chi connectivity index (χ4v) is 12.9. The molecule has 0 unspecified atom stereocenters. The molecule has 15 rings (SSSR count). The summed E-state index contributed by atoms with van der Waals surface area (Å²) in [6.45, 7) is 1.75. The summed E-state index contributed by atoms with van der Waals surface area (Å²) in [6.07, 6.45) is -3.66. The van der Waals surface area contributed by atoms with Crippen molar-refractivity contribution in [1.82, 2.24) is 14.1 Å². The lowest BCUT2D eigenvalue weighted by Gasteiger charge is -2.42. The lowest BCUT2D eigenvalue weighted by Crippen LogP contribution is -2.33. The van der Waals surface area contributed by atoms with Crippen LogP contribution in [0.3, 0.4) is 0 Å². The van der Waals surface area contributed by atoms with Crippen molar-refractivity contribution in [2.24, 2.45) is 0 Å². The number of para-hydroxylation sites is 2. The summed E-state index contributed by atoms with van der Waals surface area (Å²) >= 11 is 0. The number of nitrogens with zero attached hydrogens (tertiary/aromatic N) is 4. The first-order valence-corrected chi connectivity index (χ1v) is 30.4. The smallest absolute Gasteiger partial charge is 0.269 e. The molecule has 0 amide bonds. The van der Waals surface area contributed by atoms with Gasteiger partial charge in [0.2, 0.25) is 0 Å². The van der Waals surface area contributed by atoms with Gasteiger partial charge >= 0.3 is 0 Å². The quantitative estimate of drug-likeness (QED) is 0.118. The third-order valence-electron chi connectivity index (χ3n) is 17.7. The fraction of sp³-hybridized carbons (Fsp3) is 0.233. The summed E-state index contributed by atoms with van der Waals surface area (Å²) in [6, 6.07) is 45.1. The van der Waals surface area contributed by atoms with E-state index in [9.17, 15) is 20.6 Å². The molecule has 91 heavy (non-hydrogen) atoms. The Morgan fingerprint density at radius 2 is 1.14 bits per heavy atom. The van der Waals surface area contributed by atoms with Crippen LogP contribution in [-0.2, 0) is 27.1 Å². The number of aromatic nitrogens is 4. The van der Waals surface area contributed by atoms with Gasteiger partial charge in [0, 0.05) is 45.0 Å². The molecule has 0 atom stereocenters. The van der Waals surface area contributed by atoms with E-state index in [2.05, 4.69) is 97.5 Å².